The highest BCUT2D eigenvalue weighted by atomic mass is 127. The number of aryl methyl sites for hydroxylation is 1. The normalized spacial score (nSPS) is 17.6. The highest BCUT2D eigenvalue weighted by Crippen LogP contribution is 2.14. The molecular weight excluding hydrogens is 471 g/mol. The van der Waals surface area contributed by atoms with Crippen LogP contribution >= 0.6 is 35.3 Å². The number of hydrogen-bond acceptors (Lipinski definition) is 5. The molecule has 0 bridgehead atoms. The van der Waals surface area contributed by atoms with E-state index in [2.05, 4.69) is 60.2 Å². The third-order valence-electron chi connectivity index (χ3n) is 4.86. The molecule has 0 spiro atoms. The molecule has 2 rings (SSSR count). The van der Waals surface area contributed by atoms with Crippen LogP contribution in [-0.2, 0) is 6.42 Å². The minimum absolute atomic E-state index is 0. The fraction of sp³-hybridized carbons (Fsp3) is 0.789. The summed E-state index contributed by atoms with van der Waals surface area (Å²) >= 11 is 1.77. The highest BCUT2D eigenvalue weighted by molar-refractivity contribution is 14.0. The van der Waals surface area contributed by atoms with E-state index in [9.17, 15) is 0 Å². The van der Waals surface area contributed by atoms with E-state index in [0.717, 1.165) is 58.2 Å². The third-order valence-corrected chi connectivity index (χ3v) is 5.83. The lowest BCUT2D eigenvalue weighted by atomic mass is 10.0. The van der Waals surface area contributed by atoms with Gasteiger partial charge in [-0.2, -0.15) is 0 Å². The Balaban J connectivity index is 0.00000364. The summed E-state index contributed by atoms with van der Waals surface area (Å²) < 4.78 is 0. The van der Waals surface area contributed by atoms with Crippen LogP contribution in [0.3, 0.4) is 0 Å². The quantitative estimate of drug-likeness (QED) is 0.321. The second kappa shape index (κ2) is 12.9. The predicted molar refractivity (Wildman–Crippen MR) is 128 cm³/mol. The number of guanidine groups is 1. The van der Waals surface area contributed by atoms with Gasteiger partial charge < -0.3 is 15.5 Å². The zero-order chi connectivity index (χ0) is 18.9. The fourth-order valence-electron chi connectivity index (χ4n) is 3.23. The van der Waals surface area contributed by atoms with E-state index >= 15 is 0 Å². The summed E-state index contributed by atoms with van der Waals surface area (Å²) in [5.74, 6) is 1.52. The molecule has 2 N–H and O–H groups in total. The molecule has 1 fully saturated rings. The average Bonchev–Trinajstić information content (AvgIpc) is 3.01. The van der Waals surface area contributed by atoms with Gasteiger partial charge in [0.05, 0.1) is 11.6 Å². The number of nitrogens with zero attached hydrogens (tertiary/aromatic N) is 4. The Morgan fingerprint density at radius 2 is 1.96 bits per heavy atom. The molecule has 1 aromatic rings. The number of nitrogens with one attached hydrogen (secondary N) is 2. The predicted octanol–water partition coefficient (Wildman–Crippen LogP) is 2.44. The van der Waals surface area contributed by atoms with Crippen LogP contribution in [0.4, 0.5) is 0 Å². The SMILES string of the molecule is CCNC(=NCC(C(C)C)N1CCN(C)CC1)NCCc1ncc(C)s1.I. The molecule has 1 unspecified atom stereocenters. The summed E-state index contributed by atoms with van der Waals surface area (Å²) in [6, 6.07) is 0.501. The first-order valence-electron chi connectivity index (χ1n) is 9.85. The maximum absolute atomic E-state index is 4.89. The molecule has 1 atom stereocenters. The summed E-state index contributed by atoms with van der Waals surface area (Å²) in [5, 5.41) is 8.02. The number of aromatic nitrogens is 1. The Kier molecular flexibility index (Phi) is 11.7. The van der Waals surface area contributed by atoms with E-state index in [1.165, 1.54) is 9.88 Å². The second-order valence-electron chi connectivity index (χ2n) is 7.41. The minimum Gasteiger partial charge on any atom is -0.357 e. The van der Waals surface area contributed by atoms with Gasteiger partial charge in [-0.05, 0) is 26.8 Å². The largest absolute Gasteiger partial charge is 0.357 e. The summed E-state index contributed by atoms with van der Waals surface area (Å²) in [6.07, 6.45) is 2.89. The van der Waals surface area contributed by atoms with Gasteiger partial charge in [0.15, 0.2) is 5.96 Å². The molecule has 156 valence electrons. The topological polar surface area (TPSA) is 55.8 Å². The average molecular weight is 509 g/mol. The maximum Gasteiger partial charge on any atom is 0.191 e. The molecule has 0 aliphatic carbocycles. The first-order chi connectivity index (χ1) is 12.5. The van der Waals surface area contributed by atoms with Gasteiger partial charge in [0.2, 0.25) is 0 Å². The number of thiazole rings is 1. The van der Waals surface area contributed by atoms with Crippen LogP contribution in [0.15, 0.2) is 11.2 Å². The Labute approximate surface area is 186 Å². The number of likely N-dealkylation sites (N-methyl/N-ethyl adjacent to an activating group) is 1. The van der Waals surface area contributed by atoms with E-state index in [4.69, 9.17) is 4.99 Å². The Bertz CT molecular complexity index is 554. The Hall–Kier alpha value is -0.450. The van der Waals surface area contributed by atoms with Crippen molar-refractivity contribution in [2.75, 3.05) is 52.9 Å². The van der Waals surface area contributed by atoms with Gasteiger partial charge in [0.25, 0.3) is 0 Å². The van der Waals surface area contributed by atoms with Crippen molar-refractivity contribution < 1.29 is 0 Å². The van der Waals surface area contributed by atoms with Crippen molar-refractivity contribution in [1.82, 2.24) is 25.4 Å². The van der Waals surface area contributed by atoms with Gasteiger partial charge >= 0.3 is 0 Å². The molecule has 0 saturated carbocycles. The van der Waals surface area contributed by atoms with Gasteiger partial charge in [-0.3, -0.25) is 9.89 Å². The number of hydrogen-bond donors (Lipinski definition) is 2. The van der Waals surface area contributed by atoms with Gasteiger partial charge in [-0.15, -0.1) is 35.3 Å². The van der Waals surface area contributed by atoms with Crippen molar-refractivity contribution in [2.24, 2.45) is 10.9 Å². The highest BCUT2D eigenvalue weighted by Gasteiger charge is 2.24. The maximum atomic E-state index is 4.89. The zero-order valence-electron chi connectivity index (χ0n) is 17.5. The Morgan fingerprint density at radius 1 is 1.26 bits per heavy atom. The first kappa shape index (κ1) is 24.6. The zero-order valence-corrected chi connectivity index (χ0v) is 20.6. The van der Waals surface area contributed by atoms with Crippen LogP contribution in [-0.4, -0.2) is 79.6 Å². The summed E-state index contributed by atoms with van der Waals surface area (Å²) in [6.45, 7) is 16.0. The molecule has 0 radical (unpaired) electrons. The van der Waals surface area contributed by atoms with Crippen LogP contribution in [0.25, 0.3) is 0 Å². The van der Waals surface area contributed by atoms with Crippen LogP contribution in [0.1, 0.15) is 30.7 Å². The molecule has 1 aromatic heterocycles. The standard InChI is InChI=1S/C19H36N6S.HI/c1-6-20-19(21-8-7-18-22-13-16(4)26-18)23-14-17(15(2)3)25-11-9-24(5)10-12-25;/h13,15,17H,6-12,14H2,1-5H3,(H2,20,21,23);1H. The molecule has 27 heavy (non-hydrogen) atoms. The van der Waals surface area contributed by atoms with E-state index < -0.39 is 0 Å². The van der Waals surface area contributed by atoms with Crippen molar-refractivity contribution in [3.05, 3.63) is 16.1 Å². The van der Waals surface area contributed by atoms with E-state index in [-0.39, 0.29) is 24.0 Å². The Morgan fingerprint density at radius 3 is 2.52 bits per heavy atom. The van der Waals surface area contributed by atoms with Gasteiger partial charge in [0, 0.05) is 62.8 Å². The van der Waals surface area contributed by atoms with E-state index in [1.54, 1.807) is 11.3 Å². The van der Waals surface area contributed by atoms with Crippen molar-refractivity contribution in [3.8, 4) is 0 Å². The number of piperazine rings is 1. The van der Waals surface area contributed by atoms with Crippen molar-refractivity contribution in [2.45, 2.75) is 40.2 Å². The lowest BCUT2D eigenvalue weighted by Gasteiger charge is -2.39. The lowest BCUT2D eigenvalue weighted by Crippen LogP contribution is -2.52. The van der Waals surface area contributed by atoms with Gasteiger partial charge in [-0.1, -0.05) is 13.8 Å². The van der Waals surface area contributed by atoms with E-state index in [0.29, 0.717) is 12.0 Å². The van der Waals surface area contributed by atoms with Crippen molar-refractivity contribution in [1.29, 1.82) is 0 Å². The smallest absolute Gasteiger partial charge is 0.191 e. The number of aliphatic imine (C=N–C) groups is 1. The molecule has 6 nitrogen and oxygen atoms in total. The molecular formula is C19H37IN6S. The molecule has 1 aliphatic rings. The van der Waals surface area contributed by atoms with Crippen molar-refractivity contribution in [3.63, 3.8) is 0 Å². The number of rotatable bonds is 8. The van der Waals surface area contributed by atoms with Crippen LogP contribution in [0.5, 0.6) is 0 Å². The molecule has 0 aromatic carbocycles. The summed E-state index contributed by atoms with van der Waals surface area (Å²) in [4.78, 5) is 15.6. The third kappa shape index (κ3) is 8.62. The lowest BCUT2D eigenvalue weighted by molar-refractivity contribution is 0.0925. The molecule has 1 aliphatic heterocycles. The summed E-state index contributed by atoms with van der Waals surface area (Å²) in [7, 11) is 2.21. The molecule has 2 heterocycles. The van der Waals surface area contributed by atoms with Crippen molar-refractivity contribution >= 4 is 41.3 Å². The first-order valence-corrected chi connectivity index (χ1v) is 10.7. The molecule has 0 amide bonds. The fourth-order valence-corrected chi connectivity index (χ4v) is 4.02. The second-order valence-corrected chi connectivity index (χ2v) is 8.73. The van der Waals surface area contributed by atoms with Gasteiger partial charge in [-0.25, -0.2) is 4.98 Å². The molecule has 8 heteroatoms. The van der Waals surface area contributed by atoms with Crippen LogP contribution < -0.4 is 10.6 Å². The van der Waals surface area contributed by atoms with E-state index in [1.807, 2.05) is 6.20 Å². The van der Waals surface area contributed by atoms with Crippen LogP contribution in [0.2, 0.25) is 0 Å². The van der Waals surface area contributed by atoms with Gasteiger partial charge in [0.1, 0.15) is 0 Å². The summed E-state index contributed by atoms with van der Waals surface area (Å²) in [5.41, 5.74) is 0. The monoisotopic (exact) mass is 508 g/mol. The number of halogens is 1. The van der Waals surface area contributed by atoms with Crippen LogP contribution in [0, 0.1) is 12.8 Å². The minimum atomic E-state index is 0. The molecule has 1 saturated heterocycles.